The van der Waals surface area contributed by atoms with Crippen LogP contribution in [0.2, 0.25) is 0 Å². The van der Waals surface area contributed by atoms with Gasteiger partial charge in [-0.25, -0.2) is 8.42 Å². The van der Waals surface area contributed by atoms with Crippen molar-refractivity contribution in [2.45, 2.75) is 49.1 Å². The van der Waals surface area contributed by atoms with Crippen molar-refractivity contribution in [2.75, 3.05) is 12.8 Å². The number of nitrogens with two attached hydrogens (primary N) is 1. The standard InChI is InChI=1S/C17H25N3O4S/c1-25(23,24)15-4-2-3-12(11-15)17(22)20-14-7-5-13(6-8-14)19-16(21)9-10-18/h2-4,11,13-14H,5-10,18H2,1H3,(H,19,21)(H,20,22). The van der Waals surface area contributed by atoms with Crippen LogP contribution in [0.25, 0.3) is 0 Å². The zero-order valence-corrected chi connectivity index (χ0v) is 15.1. The Balaban J connectivity index is 1.88. The Hall–Kier alpha value is -1.93. The van der Waals surface area contributed by atoms with Crippen LogP contribution in [0.5, 0.6) is 0 Å². The molecule has 0 aromatic heterocycles. The van der Waals surface area contributed by atoms with E-state index in [-0.39, 0.29) is 28.8 Å². The number of hydrogen-bond donors (Lipinski definition) is 3. The lowest BCUT2D eigenvalue weighted by Crippen LogP contribution is -2.44. The predicted octanol–water partition coefficient (Wildman–Crippen LogP) is 0.596. The number of rotatable bonds is 6. The van der Waals surface area contributed by atoms with Crippen molar-refractivity contribution < 1.29 is 18.0 Å². The van der Waals surface area contributed by atoms with Gasteiger partial charge in [-0.15, -0.1) is 0 Å². The molecular weight excluding hydrogens is 342 g/mol. The fraction of sp³-hybridized carbons (Fsp3) is 0.529. The molecule has 0 heterocycles. The molecule has 1 fully saturated rings. The monoisotopic (exact) mass is 367 g/mol. The van der Waals surface area contributed by atoms with E-state index in [1.54, 1.807) is 12.1 Å². The zero-order chi connectivity index (χ0) is 18.4. The number of sulfone groups is 1. The lowest BCUT2D eigenvalue weighted by molar-refractivity contribution is -0.121. The van der Waals surface area contributed by atoms with E-state index in [1.807, 2.05) is 0 Å². The SMILES string of the molecule is CS(=O)(=O)c1cccc(C(=O)NC2CCC(NC(=O)CCN)CC2)c1. The minimum atomic E-state index is -3.34. The number of benzene rings is 1. The Morgan fingerprint density at radius 1 is 1.12 bits per heavy atom. The summed E-state index contributed by atoms with van der Waals surface area (Å²) in [6, 6.07) is 6.18. The number of hydrogen-bond acceptors (Lipinski definition) is 5. The summed E-state index contributed by atoms with van der Waals surface area (Å²) in [6.45, 7) is 0.337. The van der Waals surface area contributed by atoms with Crippen molar-refractivity contribution in [1.82, 2.24) is 10.6 Å². The molecule has 8 heteroatoms. The van der Waals surface area contributed by atoms with Crippen molar-refractivity contribution in [1.29, 1.82) is 0 Å². The van der Waals surface area contributed by atoms with E-state index in [0.717, 1.165) is 31.9 Å². The van der Waals surface area contributed by atoms with Gasteiger partial charge in [-0.05, 0) is 43.9 Å². The maximum atomic E-state index is 12.3. The maximum absolute atomic E-state index is 12.3. The highest BCUT2D eigenvalue weighted by Gasteiger charge is 2.24. The molecule has 1 aliphatic rings. The van der Waals surface area contributed by atoms with Gasteiger partial charge in [-0.2, -0.15) is 0 Å². The van der Waals surface area contributed by atoms with Gasteiger partial charge < -0.3 is 16.4 Å². The van der Waals surface area contributed by atoms with E-state index < -0.39 is 9.84 Å². The van der Waals surface area contributed by atoms with Crippen LogP contribution in [0.15, 0.2) is 29.2 Å². The molecule has 0 spiro atoms. The molecule has 25 heavy (non-hydrogen) atoms. The number of carbonyl (C=O) groups excluding carboxylic acids is 2. The van der Waals surface area contributed by atoms with Crippen LogP contribution in [-0.4, -0.2) is 45.1 Å². The molecule has 0 radical (unpaired) electrons. The molecule has 1 aromatic rings. The molecule has 0 bridgehead atoms. The van der Waals surface area contributed by atoms with Crippen LogP contribution in [0.3, 0.4) is 0 Å². The van der Waals surface area contributed by atoms with Crippen molar-refractivity contribution in [3.63, 3.8) is 0 Å². The minimum Gasteiger partial charge on any atom is -0.353 e. The maximum Gasteiger partial charge on any atom is 0.251 e. The fourth-order valence-electron chi connectivity index (χ4n) is 2.95. The first-order valence-electron chi connectivity index (χ1n) is 8.40. The summed E-state index contributed by atoms with van der Waals surface area (Å²) in [5.41, 5.74) is 5.69. The van der Waals surface area contributed by atoms with Crippen molar-refractivity contribution in [3.8, 4) is 0 Å². The first-order valence-corrected chi connectivity index (χ1v) is 10.3. The van der Waals surface area contributed by atoms with E-state index in [2.05, 4.69) is 10.6 Å². The van der Waals surface area contributed by atoms with Crippen molar-refractivity contribution in [3.05, 3.63) is 29.8 Å². The third-order valence-corrected chi connectivity index (χ3v) is 5.43. The number of nitrogens with one attached hydrogen (secondary N) is 2. The van der Waals surface area contributed by atoms with Gasteiger partial charge in [0.2, 0.25) is 5.91 Å². The van der Waals surface area contributed by atoms with Crippen LogP contribution in [0.1, 0.15) is 42.5 Å². The molecular formula is C17H25N3O4S. The van der Waals surface area contributed by atoms with Gasteiger partial charge >= 0.3 is 0 Å². The van der Waals surface area contributed by atoms with E-state index in [4.69, 9.17) is 5.73 Å². The first-order chi connectivity index (χ1) is 11.8. The van der Waals surface area contributed by atoms with Gasteiger partial charge in [0.05, 0.1) is 4.90 Å². The lowest BCUT2D eigenvalue weighted by Gasteiger charge is -2.29. The Bertz CT molecular complexity index is 725. The Morgan fingerprint density at radius 2 is 1.72 bits per heavy atom. The predicted molar refractivity (Wildman–Crippen MR) is 94.9 cm³/mol. The van der Waals surface area contributed by atoms with E-state index in [0.29, 0.717) is 18.5 Å². The third kappa shape index (κ3) is 5.82. The highest BCUT2D eigenvalue weighted by atomic mass is 32.2. The van der Waals surface area contributed by atoms with Gasteiger partial charge in [-0.1, -0.05) is 6.07 Å². The van der Waals surface area contributed by atoms with Crippen molar-refractivity contribution >= 4 is 21.7 Å². The zero-order valence-electron chi connectivity index (χ0n) is 14.3. The topological polar surface area (TPSA) is 118 Å². The molecule has 0 atom stereocenters. The molecule has 0 aliphatic heterocycles. The molecule has 2 amide bonds. The molecule has 1 aromatic carbocycles. The Morgan fingerprint density at radius 3 is 2.28 bits per heavy atom. The minimum absolute atomic E-state index is 0.0250. The smallest absolute Gasteiger partial charge is 0.251 e. The van der Waals surface area contributed by atoms with Crippen LogP contribution in [0.4, 0.5) is 0 Å². The molecule has 2 rings (SSSR count). The molecule has 0 unspecified atom stereocenters. The van der Waals surface area contributed by atoms with Crippen LogP contribution < -0.4 is 16.4 Å². The highest BCUT2D eigenvalue weighted by Crippen LogP contribution is 2.19. The second kappa shape index (κ2) is 8.44. The summed E-state index contributed by atoms with van der Waals surface area (Å²) in [4.78, 5) is 24.0. The van der Waals surface area contributed by atoms with Gasteiger partial charge in [0, 0.05) is 36.9 Å². The average Bonchev–Trinajstić information content (AvgIpc) is 2.56. The third-order valence-electron chi connectivity index (χ3n) is 4.32. The van der Waals surface area contributed by atoms with E-state index >= 15 is 0 Å². The molecule has 1 aliphatic carbocycles. The van der Waals surface area contributed by atoms with E-state index in [9.17, 15) is 18.0 Å². The average molecular weight is 367 g/mol. The summed E-state index contributed by atoms with van der Waals surface area (Å²) in [5.74, 6) is -0.311. The number of amides is 2. The molecule has 1 saturated carbocycles. The second-order valence-electron chi connectivity index (χ2n) is 6.43. The summed E-state index contributed by atoms with van der Waals surface area (Å²) in [6.07, 6.45) is 4.57. The normalized spacial score (nSPS) is 20.7. The summed E-state index contributed by atoms with van der Waals surface area (Å²) < 4.78 is 23.2. The molecule has 138 valence electrons. The van der Waals surface area contributed by atoms with Gasteiger partial charge in [0.25, 0.3) is 5.91 Å². The quantitative estimate of drug-likeness (QED) is 0.680. The summed E-state index contributed by atoms with van der Waals surface area (Å²) in [7, 11) is -3.34. The van der Waals surface area contributed by atoms with Crippen LogP contribution >= 0.6 is 0 Å². The molecule has 4 N–H and O–H groups in total. The summed E-state index contributed by atoms with van der Waals surface area (Å²) in [5, 5.41) is 5.90. The highest BCUT2D eigenvalue weighted by molar-refractivity contribution is 7.90. The van der Waals surface area contributed by atoms with Gasteiger partial charge in [-0.3, -0.25) is 9.59 Å². The van der Waals surface area contributed by atoms with Crippen LogP contribution in [0, 0.1) is 0 Å². The fourth-order valence-corrected chi connectivity index (χ4v) is 3.62. The lowest BCUT2D eigenvalue weighted by atomic mass is 9.91. The largest absolute Gasteiger partial charge is 0.353 e. The first kappa shape index (κ1) is 19.4. The van der Waals surface area contributed by atoms with Crippen LogP contribution in [-0.2, 0) is 14.6 Å². The van der Waals surface area contributed by atoms with Gasteiger partial charge in [0.15, 0.2) is 9.84 Å². The molecule has 0 saturated heterocycles. The molecule has 7 nitrogen and oxygen atoms in total. The van der Waals surface area contributed by atoms with Crippen molar-refractivity contribution in [2.24, 2.45) is 5.73 Å². The number of carbonyl (C=O) groups is 2. The Labute approximate surface area is 148 Å². The van der Waals surface area contributed by atoms with E-state index in [1.165, 1.54) is 12.1 Å². The van der Waals surface area contributed by atoms with Gasteiger partial charge in [0.1, 0.15) is 0 Å². The Kier molecular flexibility index (Phi) is 6.55. The second-order valence-corrected chi connectivity index (χ2v) is 8.44. The summed E-state index contributed by atoms with van der Waals surface area (Å²) >= 11 is 0.